The van der Waals surface area contributed by atoms with E-state index in [0.717, 1.165) is 14.6 Å². The topological polar surface area (TPSA) is 120 Å². The standard InChI is InChI=1S/C28H37B13N2O7/c1-17(2)9-13(10-18(3,4)42(17)47)49-15(44)21(29,30)24(35)23(33,34)26(37,40-24)27(38)28(39,46)25(36,41-27)22(31,32)16(45)50-14-11-19(5,6)43(48)20(7,8)12-14/h13-14,46-48H,9-12H2,1-8H3. The summed E-state index contributed by atoms with van der Waals surface area (Å²) in [4.78, 5) is 27.1. The van der Waals surface area contributed by atoms with Crippen molar-refractivity contribution in [3.8, 4) is 0 Å². The fourth-order valence-corrected chi connectivity index (χ4v) is 8.86. The fraction of sp³-hybridized carbons (Fsp3) is 0.929. The minimum Gasteiger partial charge on any atom is -0.463 e. The zero-order chi connectivity index (χ0) is 39.1. The lowest BCUT2D eigenvalue weighted by atomic mass is 8.83. The highest BCUT2D eigenvalue weighted by molar-refractivity contribution is 6.90. The Labute approximate surface area is 314 Å². The Hall–Kier alpha value is -0.416. The highest BCUT2D eigenvalue weighted by Crippen LogP contribution is 2.89. The molecule has 0 aromatic rings. The number of ether oxygens (including phenoxy) is 2. The van der Waals surface area contributed by atoms with Crippen molar-refractivity contribution in [2.75, 3.05) is 0 Å². The molecule has 0 bridgehead atoms. The van der Waals surface area contributed by atoms with Gasteiger partial charge in [0.15, 0.2) is 0 Å². The van der Waals surface area contributed by atoms with Crippen LogP contribution in [0.5, 0.6) is 0 Å². The van der Waals surface area contributed by atoms with E-state index in [9.17, 15) is 25.1 Å². The number of rotatable bonds is 7. The predicted molar refractivity (Wildman–Crippen MR) is 200 cm³/mol. The molecule has 4 aliphatic heterocycles. The summed E-state index contributed by atoms with van der Waals surface area (Å²) in [6, 6.07) is 0. The Morgan fingerprint density at radius 3 is 1.16 bits per heavy atom. The highest BCUT2D eigenvalue weighted by Gasteiger charge is 2.81. The van der Waals surface area contributed by atoms with Gasteiger partial charge in [0, 0.05) is 53.3 Å². The lowest BCUT2D eigenvalue weighted by molar-refractivity contribution is -0.259. The maximum atomic E-state index is 13.6. The van der Waals surface area contributed by atoms with E-state index in [1.165, 1.54) is 10.1 Å². The van der Waals surface area contributed by atoms with E-state index in [4.69, 9.17) is 95.8 Å². The first-order valence-electron chi connectivity index (χ1n) is 16.4. The average molecular weight is 654 g/mol. The van der Waals surface area contributed by atoms with E-state index < -0.39 is 88.3 Å². The molecule has 240 valence electrons. The SMILES string of the molecule is [B]C([B])(C(=O)OC1CC(C)(C)N(O)C(C)(C)C1)C1([B])[B]C([B])(C2([B])[B]C([B])(C([B])([B])C(=O)OC3CC(C)(C)N(O)C(C)(C)C3)C2([B])O)C1([B])[B]. The van der Waals surface area contributed by atoms with Gasteiger partial charge in [0.1, 0.15) is 34.6 Å². The van der Waals surface area contributed by atoms with Gasteiger partial charge in [-0.1, -0.05) is 10.4 Å². The van der Waals surface area contributed by atoms with E-state index in [1.807, 2.05) is 0 Å². The van der Waals surface area contributed by atoms with Crippen LogP contribution in [0.4, 0.5) is 0 Å². The smallest absolute Gasteiger partial charge is 0.294 e. The normalized spacial score (nSPS) is 39.8. The number of piperidine rings is 2. The molecule has 4 fully saturated rings. The zero-order valence-electron chi connectivity index (χ0n) is 30.4. The summed E-state index contributed by atoms with van der Waals surface area (Å²) in [5.41, 5.74) is -6.11. The van der Waals surface area contributed by atoms with Crippen LogP contribution in [-0.4, -0.2) is 178 Å². The van der Waals surface area contributed by atoms with Gasteiger partial charge in [-0.05, 0) is 65.8 Å². The molecule has 4 rings (SSSR count). The van der Waals surface area contributed by atoms with Crippen molar-refractivity contribution >= 4 is 113 Å². The Morgan fingerprint density at radius 2 is 0.880 bits per heavy atom. The van der Waals surface area contributed by atoms with Crippen LogP contribution in [0.1, 0.15) is 81.1 Å². The monoisotopic (exact) mass is 656 g/mol. The number of carbonyl (C=O) groups excluding carboxylic acids is 2. The summed E-state index contributed by atoms with van der Waals surface area (Å²) in [6.45, 7) is 14.1. The Balaban J connectivity index is 1.55. The van der Waals surface area contributed by atoms with Crippen LogP contribution in [0.3, 0.4) is 0 Å². The van der Waals surface area contributed by atoms with Crippen molar-refractivity contribution in [2.24, 2.45) is 0 Å². The first-order valence-corrected chi connectivity index (χ1v) is 16.4. The summed E-state index contributed by atoms with van der Waals surface area (Å²) in [7, 11) is 72.7. The molecule has 9 nitrogen and oxygen atoms in total. The number of aliphatic hydroxyl groups is 1. The van der Waals surface area contributed by atoms with Crippen LogP contribution in [0.2, 0.25) is 36.5 Å². The number of hydrogen-bond donors (Lipinski definition) is 3. The van der Waals surface area contributed by atoms with Crippen LogP contribution in [0, 0.1) is 0 Å². The second-order valence-electron chi connectivity index (χ2n) is 17.9. The molecule has 24 radical (unpaired) electrons. The minimum atomic E-state index is -2.94. The second kappa shape index (κ2) is 11.6. The van der Waals surface area contributed by atoms with Crippen molar-refractivity contribution in [2.45, 2.75) is 157 Å². The fourth-order valence-electron chi connectivity index (χ4n) is 8.86. The molecule has 5 unspecified atom stereocenters. The van der Waals surface area contributed by atoms with Gasteiger partial charge in [-0.25, -0.2) is 0 Å². The lowest BCUT2D eigenvalue weighted by Crippen LogP contribution is -2.83. The summed E-state index contributed by atoms with van der Waals surface area (Å²) in [5, 5.41) is 17.9. The Morgan fingerprint density at radius 1 is 0.600 bits per heavy atom. The first kappa shape index (κ1) is 42.3. The molecule has 0 saturated carbocycles. The van der Waals surface area contributed by atoms with Crippen LogP contribution >= 0.6 is 0 Å². The summed E-state index contributed by atoms with van der Waals surface area (Å²) in [5.74, 6) is -2.43. The molecular weight excluding hydrogens is 617 g/mol. The van der Waals surface area contributed by atoms with Gasteiger partial charge in [0.2, 0.25) is 0 Å². The molecule has 0 aromatic carbocycles. The number of nitrogens with zero attached hydrogens (tertiary/aromatic N) is 2. The van der Waals surface area contributed by atoms with Gasteiger partial charge < -0.3 is 25.0 Å². The molecule has 0 aromatic heterocycles. The molecular formula is C28H37B13N2O7. The first-order chi connectivity index (χ1) is 21.9. The number of hydroxylamine groups is 4. The third-order valence-corrected chi connectivity index (χ3v) is 12.0. The molecule has 22 heteroatoms. The van der Waals surface area contributed by atoms with Gasteiger partial charge in [-0.3, -0.25) is 9.59 Å². The molecule has 0 amide bonds. The maximum absolute atomic E-state index is 13.6. The predicted octanol–water partition coefficient (Wildman–Crippen LogP) is -1.31. The van der Waals surface area contributed by atoms with E-state index in [0.29, 0.717) is 0 Å². The molecule has 4 aliphatic rings. The van der Waals surface area contributed by atoms with Crippen molar-refractivity contribution in [1.82, 2.24) is 10.1 Å². The van der Waals surface area contributed by atoms with Gasteiger partial charge in [-0.2, -0.15) is 10.1 Å². The summed E-state index contributed by atoms with van der Waals surface area (Å²) >= 11 is 0. The summed E-state index contributed by atoms with van der Waals surface area (Å²) < 4.78 is 11.4. The van der Waals surface area contributed by atoms with Gasteiger partial charge in [0.25, 0.3) is 11.9 Å². The highest BCUT2D eigenvalue weighted by atomic mass is 16.6. The molecule has 0 spiro atoms. The van der Waals surface area contributed by atoms with Crippen LogP contribution in [-0.2, 0) is 19.1 Å². The molecule has 3 N–H and O–H groups in total. The number of carbonyl (C=O) groups is 2. The number of esters is 2. The van der Waals surface area contributed by atoms with Crippen LogP contribution in [0.15, 0.2) is 0 Å². The molecule has 5 atom stereocenters. The third kappa shape index (κ3) is 5.38. The van der Waals surface area contributed by atoms with Gasteiger partial charge in [0.05, 0.1) is 78.5 Å². The van der Waals surface area contributed by atoms with Crippen molar-refractivity contribution in [1.29, 1.82) is 0 Å². The van der Waals surface area contributed by atoms with E-state index in [2.05, 4.69) is 0 Å². The Bertz CT molecular complexity index is 1290. The quantitative estimate of drug-likeness (QED) is 0.227. The second-order valence-corrected chi connectivity index (χ2v) is 17.9. The van der Waals surface area contributed by atoms with E-state index in [-0.39, 0.29) is 25.7 Å². The maximum Gasteiger partial charge on any atom is 0.294 e. The molecule has 4 saturated heterocycles. The molecule has 4 heterocycles. The van der Waals surface area contributed by atoms with E-state index in [1.54, 1.807) is 55.4 Å². The largest absolute Gasteiger partial charge is 0.463 e. The average Bonchev–Trinajstić information content (AvgIpc) is 2.93. The zero-order valence-corrected chi connectivity index (χ0v) is 30.4. The molecule has 50 heavy (non-hydrogen) atoms. The van der Waals surface area contributed by atoms with Crippen LogP contribution in [0.25, 0.3) is 0 Å². The third-order valence-electron chi connectivity index (χ3n) is 12.0. The summed E-state index contributed by atoms with van der Waals surface area (Å²) in [6.07, 6.45) is -0.692. The van der Waals surface area contributed by atoms with E-state index >= 15 is 0 Å². The van der Waals surface area contributed by atoms with Crippen molar-refractivity contribution in [3.05, 3.63) is 0 Å². The van der Waals surface area contributed by atoms with Gasteiger partial charge in [-0.15, -0.1) is 15.6 Å². The van der Waals surface area contributed by atoms with Crippen LogP contribution < -0.4 is 0 Å². The Kier molecular flexibility index (Phi) is 9.78. The molecule has 0 aliphatic carbocycles. The van der Waals surface area contributed by atoms with Gasteiger partial charge >= 0.3 is 0 Å². The number of hydrogen-bond acceptors (Lipinski definition) is 9. The van der Waals surface area contributed by atoms with Crippen molar-refractivity contribution in [3.63, 3.8) is 0 Å². The van der Waals surface area contributed by atoms with Crippen molar-refractivity contribution < 1.29 is 34.6 Å². The lowest BCUT2D eigenvalue weighted by Gasteiger charge is -2.87. The minimum absolute atomic E-state index is 0.199.